The molecule has 72 valence electrons. The average molecular weight is 180 g/mol. The number of aromatic hydroxyl groups is 1. The molecule has 0 fully saturated rings. The lowest BCUT2D eigenvalue weighted by atomic mass is 10.2. The first-order chi connectivity index (χ1) is 6.13. The molecule has 2 heteroatoms. The van der Waals surface area contributed by atoms with Crippen molar-refractivity contribution in [2.75, 3.05) is 0 Å². The Morgan fingerprint density at radius 3 is 2.69 bits per heavy atom. The van der Waals surface area contributed by atoms with Gasteiger partial charge in [-0.2, -0.15) is 0 Å². The first-order valence-corrected chi connectivity index (χ1v) is 4.59. The number of phenolic OH excluding ortho intramolecular Hbond substituents is 1. The Labute approximate surface area is 79.2 Å². The van der Waals surface area contributed by atoms with Crippen LogP contribution in [0.5, 0.6) is 11.5 Å². The van der Waals surface area contributed by atoms with E-state index in [-0.39, 0.29) is 11.9 Å². The lowest BCUT2D eigenvalue weighted by Gasteiger charge is -2.14. The number of phenols is 1. The highest BCUT2D eigenvalue weighted by molar-refractivity contribution is 5.38. The highest BCUT2D eigenvalue weighted by Crippen LogP contribution is 2.23. The van der Waals surface area contributed by atoms with Gasteiger partial charge in [-0.1, -0.05) is 6.92 Å². The summed E-state index contributed by atoms with van der Waals surface area (Å²) in [5, 5.41) is 9.17. The Morgan fingerprint density at radius 2 is 2.15 bits per heavy atom. The lowest BCUT2D eigenvalue weighted by Crippen LogP contribution is -2.10. The van der Waals surface area contributed by atoms with E-state index in [0.29, 0.717) is 0 Å². The van der Waals surface area contributed by atoms with Crippen molar-refractivity contribution in [2.24, 2.45) is 0 Å². The molecule has 0 aliphatic rings. The predicted octanol–water partition coefficient (Wildman–Crippen LogP) is 2.88. The van der Waals surface area contributed by atoms with Gasteiger partial charge in [-0.25, -0.2) is 0 Å². The Balaban J connectivity index is 2.77. The summed E-state index contributed by atoms with van der Waals surface area (Å²) in [6.07, 6.45) is 1.21. The molecule has 0 amide bonds. The van der Waals surface area contributed by atoms with Crippen LogP contribution in [0.4, 0.5) is 0 Å². The molecule has 0 saturated heterocycles. The van der Waals surface area contributed by atoms with Gasteiger partial charge in [-0.05, 0) is 44.0 Å². The molecule has 0 spiro atoms. The van der Waals surface area contributed by atoms with Gasteiger partial charge in [0.15, 0.2) is 0 Å². The van der Waals surface area contributed by atoms with E-state index >= 15 is 0 Å². The normalized spacial score (nSPS) is 12.5. The SMILES string of the molecule is CCC(C)Oc1ccc(O)cc1C. The molecule has 2 nitrogen and oxygen atoms in total. The molecule has 0 heterocycles. The van der Waals surface area contributed by atoms with Crippen molar-refractivity contribution < 1.29 is 9.84 Å². The molecule has 1 rings (SSSR count). The molecule has 0 saturated carbocycles. The number of aryl methyl sites for hydroxylation is 1. The maximum atomic E-state index is 9.17. The fourth-order valence-electron chi connectivity index (χ4n) is 1.07. The van der Waals surface area contributed by atoms with E-state index < -0.39 is 0 Å². The van der Waals surface area contributed by atoms with Crippen LogP contribution in [0.15, 0.2) is 18.2 Å². The third-order valence-electron chi connectivity index (χ3n) is 2.06. The second-order valence-electron chi connectivity index (χ2n) is 3.29. The summed E-state index contributed by atoms with van der Waals surface area (Å²) in [6.45, 7) is 6.05. The summed E-state index contributed by atoms with van der Waals surface area (Å²) < 4.78 is 5.64. The molecule has 13 heavy (non-hydrogen) atoms. The van der Waals surface area contributed by atoms with Gasteiger partial charge >= 0.3 is 0 Å². The molecular weight excluding hydrogens is 164 g/mol. The van der Waals surface area contributed by atoms with Crippen LogP contribution in [-0.4, -0.2) is 11.2 Å². The van der Waals surface area contributed by atoms with Crippen molar-refractivity contribution in [2.45, 2.75) is 33.3 Å². The number of hydrogen-bond donors (Lipinski definition) is 1. The van der Waals surface area contributed by atoms with E-state index in [2.05, 4.69) is 6.92 Å². The maximum Gasteiger partial charge on any atom is 0.122 e. The van der Waals surface area contributed by atoms with Gasteiger partial charge in [-0.15, -0.1) is 0 Å². The number of hydrogen-bond acceptors (Lipinski definition) is 2. The van der Waals surface area contributed by atoms with Gasteiger partial charge in [0.2, 0.25) is 0 Å². The molecule has 1 aromatic rings. The lowest BCUT2D eigenvalue weighted by molar-refractivity contribution is 0.215. The Kier molecular flexibility index (Phi) is 3.18. The van der Waals surface area contributed by atoms with Crippen LogP contribution < -0.4 is 4.74 Å². The zero-order chi connectivity index (χ0) is 9.84. The highest BCUT2D eigenvalue weighted by atomic mass is 16.5. The van der Waals surface area contributed by atoms with Crippen LogP contribution in [0.2, 0.25) is 0 Å². The van der Waals surface area contributed by atoms with Crippen LogP contribution in [0.25, 0.3) is 0 Å². The molecule has 0 radical (unpaired) electrons. The van der Waals surface area contributed by atoms with E-state index in [0.717, 1.165) is 17.7 Å². The summed E-state index contributed by atoms with van der Waals surface area (Å²) in [4.78, 5) is 0. The Bertz CT molecular complexity index is 281. The molecule has 0 aromatic heterocycles. The summed E-state index contributed by atoms with van der Waals surface area (Å²) in [6, 6.07) is 5.15. The third-order valence-corrected chi connectivity index (χ3v) is 2.06. The van der Waals surface area contributed by atoms with E-state index in [4.69, 9.17) is 4.74 Å². The minimum atomic E-state index is 0.225. The molecular formula is C11H16O2. The predicted molar refractivity (Wildman–Crippen MR) is 53.2 cm³/mol. The van der Waals surface area contributed by atoms with E-state index in [1.807, 2.05) is 13.8 Å². The average Bonchev–Trinajstić information content (AvgIpc) is 2.09. The zero-order valence-corrected chi connectivity index (χ0v) is 8.37. The maximum absolute atomic E-state index is 9.17. The molecule has 1 aromatic carbocycles. The van der Waals surface area contributed by atoms with Gasteiger partial charge in [0.05, 0.1) is 6.10 Å². The molecule has 1 atom stereocenters. The van der Waals surface area contributed by atoms with Gasteiger partial charge in [0, 0.05) is 0 Å². The van der Waals surface area contributed by atoms with E-state index in [1.165, 1.54) is 0 Å². The topological polar surface area (TPSA) is 29.5 Å². The van der Waals surface area contributed by atoms with E-state index in [9.17, 15) is 5.11 Å². The van der Waals surface area contributed by atoms with Gasteiger partial charge in [-0.3, -0.25) is 0 Å². The van der Waals surface area contributed by atoms with E-state index in [1.54, 1.807) is 18.2 Å². The molecule has 0 bridgehead atoms. The highest BCUT2D eigenvalue weighted by Gasteiger charge is 2.04. The molecule has 1 unspecified atom stereocenters. The number of rotatable bonds is 3. The number of ether oxygens (including phenoxy) is 1. The summed E-state index contributed by atoms with van der Waals surface area (Å²) in [7, 11) is 0. The standard InChI is InChI=1S/C11H16O2/c1-4-9(3)13-11-6-5-10(12)7-8(11)2/h5-7,9,12H,4H2,1-3H3. The van der Waals surface area contributed by atoms with Gasteiger partial charge in [0.25, 0.3) is 0 Å². The fourth-order valence-corrected chi connectivity index (χ4v) is 1.07. The van der Waals surface area contributed by atoms with Crippen molar-refractivity contribution in [3.63, 3.8) is 0 Å². The van der Waals surface area contributed by atoms with Crippen molar-refractivity contribution in [1.82, 2.24) is 0 Å². The quantitative estimate of drug-likeness (QED) is 0.775. The monoisotopic (exact) mass is 180 g/mol. The van der Waals surface area contributed by atoms with Crippen LogP contribution >= 0.6 is 0 Å². The first kappa shape index (κ1) is 9.90. The van der Waals surface area contributed by atoms with Crippen molar-refractivity contribution in [1.29, 1.82) is 0 Å². The number of benzene rings is 1. The van der Waals surface area contributed by atoms with Gasteiger partial charge < -0.3 is 9.84 Å². The minimum absolute atomic E-state index is 0.225. The zero-order valence-electron chi connectivity index (χ0n) is 8.37. The first-order valence-electron chi connectivity index (χ1n) is 4.59. The fraction of sp³-hybridized carbons (Fsp3) is 0.455. The Hall–Kier alpha value is -1.18. The largest absolute Gasteiger partial charge is 0.508 e. The summed E-state index contributed by atoms with van der Waals surface area (Å²) in [5.41, 5.74) is 0.973. The van der Waals surface area contributed by atoms with Crippen LogP contribution in [-0.2, 0) is 0 Å². The van der Waals surface area contributed by atoms with Crippen molar-refractivity contribution in [3.05, 3.63) is 23.8 Å². The second kappa shape index (κ2) is 4.17. The third kappa shape index (κ3) is 2.65. The molecule has 0 aliphatic heterocycles. The Morgan fingerprint density at radius 1 is 1.46 bits per heavy atom. The summed E-state index contributed by atoms with van der Waals surface area (Å²) >= 11 is 0. The van der Waals surface area contributed by atoms with Crippen molar-refractivity contribution in [3.8, 4) is 11.5 Å². The second-order valence-corrected chi connectivity index (χ2v) is 3.29. The minimum Gasteiger partial charge on any atom is -0.508 e. The molecule has 0 aliphatic carbocycles. The summed E-state index contributed by atoms with van der Waals surface area (Å²) in [5.74, 6) is 1.14. The van der Waals surface area contributed by atoms with Crippen LogP contribution in [0.1, 0.15) is 25.8 Å². The smallest absolute Gasteiger partial charge is 0.122 e. The molecule has 1 N–H and O–H groups in total. The van der Waals surface area contributed by atoms with Crippen molar-refractivity contribution >= 4 is 0 Å². The van der Waals surface area contributed by atoms with Crippen LogP contribution in [0, 0.1) is 6.92 Å². The van der Waals surface area contributed by atoms with Gasteiger partial charge in [0.1, 0.15) is 11.5 Å². The van der Waals surface area contributed by atoms with Crippen LogP contribution in [0.3, 0.4) is 0 Å².